The van der Waals surface area contributed by atoms with Gasteiger partial charge >= 0.3 is 5.97 Å². The molecule has 100 valence electrons. The van der Waals surface area contributed by atoms with Crippen molar-refractivity contribution < 1.29 is 9.90 Å². The van der Waals surface area contributed by atoms with Crippen molar-refractivity contribution in [3.63, 3.8) is 0 Å². The average Bonchev–Trinajstić information content (AvgIpc) is 2.94. The summed E-state index contributed by atoms with van der Waals surface area (Å²) < 4.78 is 0.857. The van der Waals surface area contributed by atoms with Gasteiger partial charge in [0.25, 0.3) is 0 Å². The fraction of sp³-hybridized carbons (Fsp3) is 0.133. The van der Waals surface area contributed by atoms with Gasteiger partial charge in [0.2, 0.25) is 0 Å². The number of carboxylic acids is 1. The van der Waals surface area contributed by atoms with Crippen molar-refractivity contribution >= 4 is 27.5 Å². The summed E-state index contributed by atoms with van der Waals surface area (Å²) in [6.45, 7) is 0. The van der Waals surface area contributed by atoms with Crippen molar-refractivity contribution in [3.8, 4) is 0 Å². The van der Waals surface area contributed by atoms with Crippen molar-refractivity contribution in [2.24, 2.45) is 0 Å². The average molecular weight is 284 g/mol. The second-order valence-corrected chi connectivity index (χ2v) is 5.39. The van der Waals surface area contributed by atoms with Crippen molar-refractivity contribution in [3.05, 3.63) is 59.4 Å². The number of benzene rings is 1. The zero-order valence-corrected chi connectivity index (χ0v) is 11.4. The predicted molar refractivity (Wildman–Crippen MR) is 77.9 cm³/mol. The van der Waals surface area contributed by atoms with Gasteiger partial charge in [0, 0.05) is 0 Å². The second-order valence-electron chi connectivity index (χ2n) is 4.47. The van der Waals surface area contributed by atoms with E-state index in [9.17, 15) is 9.90 Å². The molecule has 0 radical (unpaired) electrons. The lowest BCUT2D eigenvalue weighted by atomic mass is 9.96. The Balaban J connectivity index is 2.03. The molecule has 0 bridgehead atoms. The minimum atomic E-state index is -0.859. The molecule has 1 aromatic carbocycles. The van der Waals surface area contributed by atoms with Crippen molar-refractivity contribution in [1.29, 1.82) is 0 Å². The molecule has 0 spiro atoms. The summed E-state index contributed by atoms with van der Waals surface area (Å²) in [6, 6.07) is 11.5. The smallest absolute Gasteiger partial charge is 0.312 e. The molecule has 20 heavy (non-hydrogen) atoms. The molecule has 0 aliphatic carbocycles. The highest BCUT2D eigenvalue weighted by molar-refractivity contribution is 7.17. The second kappa shape index (κ2) is 5.38. The topological polar surface area (TPSA) is 63.1 Å². The molecular formula is C15H12N2O2S. The Morgan fingerprint density at radius 2 is 2.00 bits per heavy atom. The molecule has 1 N–H and O–H groups in total. The molecule has 1 atom stereocenters. The van der Waals surface area contributed by atoms with Crippen LogP contribution >= 0.6 is 11.3 Å². The lowest BCUT2D eigenvalue weighted by molar-refractivity contribution is -0.138. The number of hydrogen-bond donors (Lipinski definition) is 1. The van der Waals surface area contributed by atoms with E-state index >= 15 is 0 Å². The van der Waals surface area contributed by atoms with E-state index in [1.54, 1.807) is 0 Å². The molecular weight excluding hydrogens is 272 g/mol. The maximum Gasteiger partial charge on any atom is 0.312 e. The summed E-state index contributed by atoms with van der Waals surface area (Å²) >= 11 is 1.48. The van der Waals surface area contributed by atoms with Gasteiger partial charge in [-0.25, -0.2) is 9.97 Å². The largest absolute Gasteiger partial charge is 0.481 e. The fourth-order valence-electron chi connectivity index (χ4n) is 2.21. The van der Waals surface area contributed by atoms with E-state index in [0.29, 0.717) is 12.1 Å². The highest BCUT2D eigenvalue weighted by Gasteiger charge is 2.24. The number of fused-ring (bicyclic) bond motifs is 1. The van der Waals surface area contributed by atoms with E-state index in [1.165, 1.54) is 17.7 Å². The summed E-state index contributed by atoms with van der Waals surface area (Å²) in [4.78, 5) is 20.0. The first-order chi connectivity index (χ1) is 9.75. The highest BCUT2D eigenvalue weighted by Crippen LogP contribution is 2.29. The first-order valence-electron chi connectivity index (χ1n) is 6.20. The Hall–Kier alpha value is -2.27. The molecule has 2 heterocycles. The van der Waals surface area contributed by atoms with Crippen LogP contribution in [0, 0.1) is 0 Å². The number of rotatable bonds is 4. The van der Waals surface area contributed by atoms with Crippen LogP contribution in [0.5, 0.6) is 0 Å². The van der Waals surface area contributed by atoms with Crippen LogP contribution < -0.4 is 0 Å². The third-order valence-electron chi connectivity index (χ3n) is 3.18. The molecule has 0 aliphatic heterocycles. The van der Waals surface area contributed by atoms with Crippen molar-refractivity contribution in [2.75, 3.05) is 0 Å². The molecule has 3 aromatic rings. The quantitative estimate of drug-likeness (QED) is 0.799. The maximum absolute atomic E-state index is 11.6. The van der Waals surface area contributed by atoms with Crippen molar-refractivity contribution in [1.82, 2.24) is 9.97 Å². The minimum Gasteiger partial charge on any atom is -0.481 e. The van der Waals surface area contributed by atoms with Gasteiger partial charge in [-0.3, -0.25) is 4.79 Å². The zero-order chi connectivity index (χ0) is 13.9. The standard InChI is InChI=1S/C15H12N2O2S/c18-15(19)11(8-10-4-2-1-3-5-10)13-14-12(6-7-20-14)16-9-17-13/h1-7,9,11H,8H2,(H,18,19). The maximum atomic E-state index is 11.6. The molecule has 0 aliphatic rings. The van der Waals surface area contributed by atoms with Crippen LogP contribution in [0.2, 0.25) is 0 Å². The number of aliphatic carboxylic acids is 1. The van der Waals surface area contributed by atoms with E-state index in [1.807, 2.05) is 41.8 Å². The number of hydrogen-bond acceptors (Lipinski definition) is 4. The Morgan fingerprint density at radius 3 is 2.75 bits per heavy atom. The molecule has 0 fully saturated rings. The van der Waals surface area contributed by atoms with Gasteiger partial charge in [0.15, 0.2) is 0 Å². The minimum absolute atomic E-state index is 0.431. The number of carbonyl (C=O) groups is 1. The van der Waals surface area contributed by atoms with Gasteiger partial charge in [-0.2, -0.15) is 0 Å². The van der Waals surface area contributed by atoms with Gasteiger partial charge in [-0.15, -0.1) is 11.3 Å². The van der Waals surface area contributed by atoms with Gasteiger partial charge in [0.1, 0.15) is 12.2 Å². The van der Waals surface area contributed by atoms with Gasteiger partial charge in [0.05, 0.1) is 15.9 Å². The molecule has 3 rings (SSSR count). The summed E-state index contributed by atoms with van der Waals surface area (Å²) in [6.07, 6.45) is 1.87. The monoisotopic (exact) mass is 284 g/mol. The first-order valence-corrected chi connectivity index (χ1v) is 7.08. The SMILES string of the molecule is O=C(O)C(Cc1ccccc1)c1ncnc2ccsc12. The molecule has 5 heteroatoms. The third kappa shape index (κ3) is 2.40. The molecule has 0 saturated heterocycles. The summed E-state index contributed by atoms with van der Waals surface area (Å²) in [5.41, 5.74) is 2.39. The fourth-order valence-corrected chi connectivity index (χ4v) is 3.10. The summed E-state index contributed by atoms with van der Waals surface area (Å²) in [5, 5.41) is 11.4. The van der Waals surface area contributed by atoms with Crippen LogP contribution in [0.1, 0.15) is 17.2 Å². The van der Waals surface area contributed by atoms with Crippen LogP contribution in [0.3, 0.4) is 0 Å². The lowest BCUT2D eigenvalue weighted by Gasteiger charge is -2.12. The third-order valence-corrected chi connectivity index (χ3v) is 4.11. The normalized spacial score (nSPS) is 12.4. The molecule has 0 saturated carbocycles. The zero-order valence-electron chi connectivity index (χ0n) is 10.6. The van der Waals surface area contributed by atoms with Gasteiger partial charge in [-0.05, 0) is 23.4 Å². The predicted octanol–water partition coefficient (Wildman–Crippen LogP) is 3.10. The number of carboxylic acid groups (broad SMARTS) is 1. The van der Waals surface area contributed by atoms with E-state index < -0.39 is 11.9 Å². The van der Waals surface area contributed by atoms with E-state index in [-0.39, 0.29) is 0 Å². The first kappa shape index (κ1) is 12.7. The number of nitrogens with zero attached hydrogens (tertiary/aromatic N) is 2. The Labute approximate surface area is 119 Å². The molecule has 4 nitrogen and oxygen atoms in total. The van der Waals surface area contributed by atoms with Crippen molar-refractivity contribution in [2.45, 2.75) is 12.3 Å². The van der Waals surface area contributed by atoms with E-state index in [0.717, 1.165) is 15.8 Å². The van der Waals surface area contributed by atoms with Crippen LogP contribution in [0.4, 0.5) is 0 Å². The van der Waals surface area contributed by atoms with Crippen LogP contribution in [-0.2, 0) is 11.2 Å². The van der Waals surface area contributed by atoms with Gasteiger partial charge in [-0.1, -0.05) is 30.3 Å². The molecule has 1 unspecified atom stereocenters. The number of aromatic nitrogens is 2. The Kier molecular flexibility index (Phi) is 3.43. The summed E-state index contributed by atoms with van der Waals surface area (Å²) in [5.74, 6) is -1.51. The highest BCUT2D eigenvalue weighted by atomic mass is 32.1. The van der Waals surface area contributed by atoms with Crippen LogP contribution in [0.15, 0.2) is 48.1 Å². The molecule has 0 amide bonds. The lowest BCUT2D eigenvalue weighted by Crippen LogP contribution is -2.16. The van der Waals surface area contributed by atoms with E-state index in [4.69, 9.17) is 0 Å². The molecule has 2 aromatic heterocycles. The van der Waals surface area contributed by atoms with Crippen LogP contribution in [-0.4, -0.2) is 21.0 Å². The van der Waals surface area contributed by atoms with Gasteiger partial charge < -0.3 is 5.11 Å². The Morgan fingerprint density at radius 1 is 1.20 bits per heavy atom. The summed E-state index contributed by atoms with van der Waals surface area (Å²) in [7, 11) is 0. The van der Waals surface area contributed by atoms with E-state index in [2.05, 4.69) is 9.97 Å². The van der Waals surface area contributed by atoms with Crippen LogP contribution in [0.25, 0.3) is 10.2 Å². The Bertz CT molecular complexity index is 740. The number of thiophene rings is 1.